The first-order chi connectivity index (χ1) is 5.25. The van der Waals surface area contributed by atoms with Crippen LogP contribution >= 0.6 is 12.4 Å². The first-order valence-electron chi connectivity index (χ1n) is 3.73. The van der Waals surface area contributed by atoms with Gasteiger partial charge in [0.15, 0.2) is 0 Å². The van der Waals surface area contributed by atoms with Crippen LogP contribution in [0.4, 0.5) is 0 Å². The van der Waals surface area contributed by atoms with Crippen molar-refractivity contribution in [2.24, 2.45) is 12.8 Å². The first-order valence-corrected chi connectivity index (χ1v) is 3.73. The Balaban J connectivity index is 0.00000121. The van der Waals surface area contributed by atoms with Crippen LogP contribution in [-0.4, -0.2) is 16.3 Å². The molecule has 0 saturated heterocycles. The fourth-order valence-corrected chi connectivity index (χ4v) is 1.15. The summed E-state index contributed by atoms with van der Waals surface area (Å²) in [6, 6.07) is 3.88. The Morgan fingerprint density at radius 2 is 2.33 bits per heavy atom. The van der Waals surface area contributed by atoms with Crippen molar-refractivity contribution in [1.29, 1.82) is 0 Å². The molecule has 0 aromatic carbocycles. The quantitative estimate of drug-likeness (QED) is 0.742. The second kappa shape index (κ2) is 5.19. The third kappa shape index (κ3) is 2.52. The van der Waals surface area contributed by atoms with Gasteiger partial charge in [-0.1, -0.05) is 0 Å². The molecule has 12 heavy (non-hydrogen) atoms. The Kier molecular flexibility index (Phi) is 4.97. The van der Waals surface area contributed by atoms with Crippen molar-refractivity contribution in [1.82, 2.24) is 4.57 Å². The molecule has 3 N–H and O–H groups in total. The van der Waals surface area contributed by atoms with E-state index in [0.29, 0.717) is 6.42 Å². The Hall–Kier alpha value is -0.510. The number of aryl methyl sites for hydroxylation is 1. The van der Waals surface area contributed by atoms with E-state index in [9.17, 15) is 0 Å². The second-order valence-corrected chi connectivity index (χ2v) is 2.66. The summed E-state index contributed by atoms with van der Waals surface area (Å²) in [5.41, 5.74) is 6.84. The van der Waals surface area contributed by atoms with Gasteiger partial charge in [-0.3, -0.25) is 0 Å². The Morgan fingerprint density at radius 3 is 2.75 bits per heavy atom. The summed E-state index contributed by atoms with van der Waals surface area (Å²) in [6.45, 7) is 0.145. The zero-order valence-electron chi connectivity index (χ0n) is 7.10. The molecule has 0 aliphatic carbocycles. The van der Waals surface area contributed by atoms with Crippen molar-refractivity contribution in [3.8, 4) is 0 Å². The van der Waals surface area contributed by atoms with E-state index in [2.05, 4.69) is 0 Å². The number of aliphatic hydroxyl groups is 1. The predicted molar refractivity (Wildman–Crippen MR) is 51.3 cm³/mol. The minimum absolute atomic E-state index is 0. The number of hydrogen-bond acceptors (Lipinski definition) is 2. The van der Waals surface area contributed by atoms with Crippen LogP contribution in [0.5, 0.6) is 0 Å². The molecule has 1 atom stereocenters. The van der Waals surface area contributed by atoms with Crippen molar-refractivity contribution in [3.05, 3.63) is 24.0 Å². The molecule has 0 fully saturated rings. The van der Waals surface area contributed by atoms with E-state index in [1.165, 1.54) is 0 Å². The van der Waals surface area contributed by atoms with E-state index < -0.39 is 0 Å². The average Bonchev–Trinajstić information content (AvgIpc) is 2.36. The number of aliphatic hydroxyl groups excluding tert-OH is 1. The van der Waals surface area contributed by atoms with Crippen LogP contribution in [0.2, 0.25) is 0 Å². The Labute approximate surface area is 78.6 Å². The highest BCUT2D eigenvalue weighted by molar-refractivity contribution is 5.85. The summed E-state index contributed by atoms with van der Waals surface area (Å²) in [4.78, 5) is 0. The van der Waals surface area contributed by atoms with Gasteiger partial charge in [0.25, 0.3) is 0 Å². The summed E-state index contributed by atoms with van der Waals surface area (Å²) in [5.74, 6) is 0. The predicted octanol–water partition coefficient (Wildman–Crippen LogP) is 0.829. The number of nitrogens with zero attached hydrogens (tertiary/aromatic N) is 1. The Bertz CT molecular complexity index is 225. The summed E-state index contributed by atoms with van der Waals surface area (Å²) >= 11 is 0. The van der Waals surface area contributed by atoms with Crippen LogP contribution in [0.15, 0.2) is 18.3 Å². The van der Waals surface area contributed by atoms with Crippen molar-refractivity contribution in [2.45, 2.75) is 12.5 Å². The maximum Gasteiger partial charge on any atom is 0.0471 e. The van der Waals surface area contributed by atoms with Crippen molar-refractivity contribution in [2.75, 3.05) is 6.61 Å². The van der Waals surface area contributed by atoms with Gasteiger partial charge in [0.2, 0.25) is 0 Å². The van der Waals surface area contributed by atoms with E-state index in [0.717, 1.165) is 5.69 Å². The molecule has 1 aromatic heterocycles. The minimum Gasteiger partial charge on any atom is -0.396 e. The van der Waals surface area contributed by atoms with E-state index in [-0.39, 0.29) is 25.1 Å². The standard InChI is InChI=1S/C8H14N2O.ClH/c1-10-5-2-3-8(10)7(9)4-6-11;/h2-3,5,7,11H,4,6,9H2,1H3;1H. The fraction of sp³-hybridized carbons (Fsp3) is 0.500. The van der Waals surface area contributed by atoms with Crippen LogP contribution in [-0.2, 0) is 7.05 Å². The maximum absolute atomic E-state index is 8.64. The molecular formula is C8H15ClN2O. The zero-order chi connectivity index (χ0) is 8.27. The lowest BCUT2D eigenvalue weighted by Gasteiger charge is -2.10. The van der Waals surface area contributed by atoms with Gasteiger partial charge in [0, 0.05) is 31.6 Å². The second-order valence-electron chi connectivity index (χ2n) is 2.66. The van der Waals surface area contributed by atoms with Gasteiger partial charge in [-0.05, 0) is 18.6 Å². The SMILES string of the molecule is Cl.Cn1cccc1C(N)CCO. The number of halogens is 1. The molecule has 0 aliphatic rings. The summed E-state index contributed by atoms with van der Waals surface area (Å²) < 4.78 is 1.97. The lowest BCUT2D eigenvalue weighted by atomic mass is 10.1. The van der Waals surface area contributed by atoms with E-state index >= 15 is 0 Å². The van der Waals surface area contributed by atoms with Gasteiger partial charge in [-0.15, -0.1) is 12.4 Å². The lowest BCUT2D eigenvalue weighted by Crippen LogP contribution is -2.14. The van der Waals surface area contributed by atoms with E-state index in [4.69, 9.17) is 10.8 Å². The Morgan fingerprint density at radius 1 is 1.67 bits per heavy atom. The molecule has 1 heterocycles. The van der Waals surface area contributed by atoms with Gasteiger partial charge in [-0.2, -0.15) is 0 Å². The van der Waals surface area contributed by atoms with E-state index in [1.807, 2.05) is 29.9 Å². The number of hydrogen-bond donors (Lipinski definition) is 2. The summed E-state index contributed by atoms with van der Waals surface area (Å²) in [6.07, 6.45) is 2.57. The molecule has 0 bridgehead atoms. The van der Waals surface area contributed by atoms with E-state index in [1.54, 1.807) is 0 Å². The molecule has 4 heteroatoms. The number of aromatic nitrogens is 1. The van der Waals surface area contributed by atoms with Crippen LogP contribution in [0.1, 0.15) is 18.2 Å². The van der Waals surface area contributed by atoms with Gasteiger partial charge in [0.05, 0.1) is 0 Å². The molecule has 1 unspecified atom stereocenters. The molecule has 0 saturated carbocycles. The van der Waals surface area contributed by atoms with Crippen molar-refractivity contribution in [3.63, 3.8) is 0 Å². The molecule has 0 amide bonds. The minimum atomic E-state index is -0.0417. The smallest absolute Gasteiger partial charge is 0.0471 e. The average molecular weight is 191 g/mol. The lowest BCUT2D eigenvalue weighted by molar-refractivity contribution is 0.275. The maximum atomic E-state index is 8.64. The number of rotatable bonds is 3. The summed E-state index contributed by atoms with van der Waals surface area (Å²) in [7, 11) is 1.95. The molecule has 0 spiro atoms. The molecule has 0 aliphatic heterocycles. The highest BCUT2D eigenvalue weighted by Crippen LogP contribution is 2.12. The third-order valence-corrected chi connectivity index (χ3v) is 1.80. The largest absolute Gasteiger partial charge is 0.396 e. The monoisotopic (exact) mass is 190 g/mol. The highest BCUT2D eigenvalue weighted by Gasteiger charge is 2.06. The van der Waals surface area contributed by atoms with Crippen LogP contribution in [0, 0.1) is 0 Å². The molecule has 0 radical (unpaired) electrons. The topological polar surface area (TPSA) is 51.2 Å². The van der Waals surface area contributed by atoms with Crippen LogP contribution in [0.3, 0.4) is 0 Å². The fourth-order valence-electron chi connectivity index (χ4n) is 1.15. The van der Waals surface area contributed by atoms with Crippen molar-refractivity contribution >= 4 is 12.4 Å². The van der Waals surface area contributed by atoms with Crippen molar-refractivity contribution < 1.29 is 5.11 Å². The van der Waals surface area contributed by atoms with Crippen LogP contribution in [0.25, 0.3) is 0 Å². The van der Waals surface area contributed by atoms with Gasteiger partial charge in [0.1, 0.15) is 0 Å². The first kappa shape index (κ1) is 11.5. The molecular weight excluding hydrogens is 176 g/mol. The number of nitrogens with two attached hydrogens (primary N) is 1. The third-order valence-electron chi connectivity index (χ3n) is 1.80. The van der Waals surface area contributed by atoms with Gasteiger partial charge < -0.3 is 15.4 Å². The highest BCUT2D eigenvalue weighted by atomic mass is 35.5. The molecule has 1 rings (SSSR count). The van der Waals surface area contributed by atoms with Gasteiger partial charge in [-0.25, -0.2) is 0 Å². The van der Waals surface area contributed by atoms with Crippen LogP contribution < -0.4 is 5.73 Å². The molecule has 70 valence electrons. The molecule has 1 aromatic rings. The zero-order valence-corrected chi connectivity index (χ0v) is 7.92. The normalized spacial score (nSPS) is 12.2. The summed E-state index contributed by atoms with van der Waals surface area (Å²) in [5, 5.41) is 8.64. The van der Waals surface area contributed by atoms with Gasteiger partial charge >= 0.3 is 0 Å². The molecule has 3 nitrogen and oxygen atoms in total.